The number of halogens is 1. The first-order valence-corrected chi connectivity index (χ1v) is 11.6. The summed E-state index contributed by atoms with van der Waals surface area (Å²) in [5, 5.41) is 3.11. The Hall–Kier alpha value is -3.23. The summed E-state index contributed by atoms with van der Waals surface area (Å²) in [5.41, 5.74) is 1.67. The number of benzene rings is 3. The molecule has 3 aromatic rings. The minimum atomic E-state index is -3.97. The topological polar surface area (TPSA) is 84.9 Å². The number of fused-ring (bicyclic) bond motifs is 1. The fourth-order valence-corrected chi connectivity index (χ4v) is 5.02. The lowest BCUT2D eigenvalue weighted by Crippen LogP contribution is -2.48. The number of carbonyl (C=O) groups is 1. The van der Waals surface area contributed by atoms with Crippen LogP contribution in [0.3, 0.4) is 0 Å². The van der Waals surface area contributed by atoms with Gasteiger partial charge in [-0.2, -0.15) is 0 Å². The van der Waals surface area contributed by atoms with E-state index in [2.05, 4.69) is 5.32 Å². The van der Waals surface area contributed by atoms with Crippen LogP contribution in [-0.4, -0.2) is 34.1 Å². The number of carbonyl (C=O) groups excluding carboxylic acids is 1. The average Bonchev–Trinajstić information content (AvgIpc) is 2.79. The van der Waals surface area contributed by atoms with Crippen LogP contribution in [0, 0.1) is 6.92 Å². The molecular formula is C23H21ClN2O5S. The van der Waals surface area contributed by atoms with E-state index in [1.165, 1.54) is 25.3 Å². The van der Waals surface area contributed by atoms with Crippen molar-refractivity contribution in [2.24, 2.45) is 0 Å². The van der Waals surface area contributed by atoms with Gasteiger partial charge >= 0.3 is 0 Å². The SMILES string of the molecule is COc1ccccc1NC(=O)C1CN(S(=O)(=O)c2ccc(C)cc2)c2cc(Cl)ccc2O1. The highest BCUT2D eigenvalue weighted by Gasteiger charge is 2.38. The van der Waals surface area contributed by atoms with Crippen LogP contribution >= 0.6 is 11.6 Å². The minimum absolute atomic E-state index is 0.111. The van der Waals surface area contributed by atoms with E-state index in [1.54, 1.807) is 48.5 Å². The quantitative estimate of drug-likeness (QED) is 0.600. The fraction of sp³-hybridized carbons (Fsp3) is 0.174. The predicted octanol–water partition coefficient (Wildman–Crippen LogP) is 4.25. The summed E-state index contributed by atoms with van der Waals surface area (Å²) in [6.45, 7) is 1.66. The van der Waals surface area contributed by atoms with E-state index < -0.39 is 22.0 Å². The molecule has 0 saturated heterocycles. The van der Waals surface area contributed by atoms with Gasteiger partial charge < -0.3 is 14.8 Å². The molecule has 7 nitrogen and oxygen atoms in total. The van der Waals surface area contributed by atoms with Gasteiger partial charge in [0.2, 0.25) is 0 Å². The molecule has 1 unspecified atom stereocenters. The van der Waals surface area contributed by atoms with E-state index in [4.69, 9.17) is 21.1 Å². The van der Waals surface area contributed by atoms with Crippen LogP contribution in [0.15, 0.2) is 71.6 Å². The minimum Gasteiger partial charge on any atom is -0.495 e. The number of nitrogens with one attached hydrogen (secondary N) is 1. The van der Waals surface area contributed by atoms with Gasteiger partial charge in [0.05, 0.1) is 29.9 Å². The number of sulfonamides is 1. The maximum absolute atomic E-state index is 13.5. The van der Waals surface area contributed by atoms with Gasteiger partial charge in [-0.15, -0.1) is 0 Å². The van der Waals surface area contributed by atoms with Gasteiger partial charge in [-0.1, -0.05) is 41.4 Å². The van der Waals surface area contributed by atoms with Crippen molar-refractivity contribution in [1.82, 2.24) is 0 Å². The van der Waals surface area contributed by atoms with Gasteiger partial charge in [-0.25, -0.2) is 8.42 Å². The molecule has 166 valence electrons. The largest absolute Gasteiger partial charge is 0.495 e. The maximum atomic E-state index is 13.5. The zero-order valence-electron chi connectivity index (χ0n) is 17.4. The Labute approximate surface area is 191 Å². The number of anilines is 2. The van der Waals surface area contributed by atoms with E-state index in [0.717, 1.165) is 9.87 Å². The standard InChI is InChI=1S/C23H21ClN2O5S/c1-15-7-10-17(11-8-15)32(28,29)26-14-22(31-21-12-9-16(24)13-19(21)26)23(27)25-18-5-3-4-6-20(18)30-2/h3-13,22H,14H2,1-2H3,(H,25,27). The Kier molecular flexibility index (Phi) is 5.99. The average molecular weight is 473 g/mol. The van der Waals surface area contributed by atoms with Crippen LogP contribution in [0.4, 0.5) is 11.4 Å². The van der Waals surface area contributed by atoms with Crippen LogP contribution in [0.2, 0.25) is 5.02 Å². The van der Waals surface area contributed by atoms with E-state index in [-0.39, 0.29) is 22.9 Å². The Morgan fingerprint density at radius 3 is 2.56 bits per heavy atom. The Balaban J connectivity index is 1.70. The molecule has 1 heterocycles. The molecule has 1 atom stereocenters. The van der Waals surface area contributed by atoms with Crippen molar-refractivity contribution in [3.8, 4) is 11.5 Å². The lowest BCUT2D eigenvalue weighted by atomic mass is 10.2. The third kappa shape index (κ3) is 4.24. The van der Waals surface area contributed by atoms with Gasteiger partial charge in [-0.3, -0.25) is 9.10 Å². The number of hydrogen-bond donors (Lipinski definition) is 1. The summed E-state index contributed by atoms with van der Waals surface area (Å²) in [6.07, 6.45) is -1.09. The lowest BCUT2D eigenvalue weighted by Gasteiger charge is -2.35. The van der Waals surface area contributed by atoms with Crippen LogP contribution in [-0.2, 0) is 14.8 Å². The van der Waals surface area contributed by atoms with Crippen molar-refractivity contribution in [1.29, 1.82) is 0 Å². The lowest BCUT2D eigenvalue weighted by molar-refractivity contribution is -0.122. The zero-order chi connectivity index (χ0) is 22.9. The predicted molar refractivity (Wildman–Crippen MR) is 123 cm³/mol. The number of hydrogen-bond acceptors (Lipinski definition) is 5. The van der Waals surface area contributed by atoms with Crippen molar-refractivity contribution in [2.75, 3.05) is 23.3 Å². The summed E-state index contributed by atoms with van der Waals surface area (Å²) in [5.74, 6) is 0.226. The summed E-state index contributed by atoms with van der Waals surface area (Å²) in [7, 11) is -2.47. The third-order valence-electron chi connectivity index (χ3n) is 5.06. The number of ether oxygens (including phenoxy) is 2. The van der Waals surface area contributed by atoms with E-state index in [9.17, 15) is 13.2 Å². The van der Waals surface area contributed by atoms with Gasteiger partial charge in [0.25, 0.3) is 15.9 Å². The second kappa shape index (κ2) is 8.72. The van der Waals surface area contributed by atoms with Crippen LogP contribution in [0.5, 0.6) is 11.5 Å². The number of para-hydroxylation sites is 2. The van der Waals surface area contributed by atoms with Crippen molar-refractivity contribution in [2.45, 2.75) is 17.9 Å². The second-order valence-corrected chi connectivity index (χ2v) is 9.56. The normalized spacial score (nSPS) is 15.5. The molecule has 1 aliphatic heterocycles. The molecule has 0 saturated carbocycles. The molecule has 0 aliphatic carbocycles. The first kappa shape index (κ1) is 22.0. The molecule has 1 aliphatic rings. The highest BCUT2D eigenvalue weighted by atomic mass is 35.5. The number of amides is 1. The Bertz CT molecular complexity index is 1260. The summed E-state index contributed by atoms with van der Waals surface area (Å²) < 4.78 is 39.2. The highest BCUT2D eigenvalue weighted by molar-refractivity contribution is 7.92. The van der Waals surface area contributed by atoms with Crippen molar-refractivity contribution < 1.29 is 22.7 Å². The molecule has 3 aromatic carbocycles. The van der Waals surface area contributed by atoms with Gasteiger partial charge in [0.1, 0.15) is 11.5 Å². The van der Waals surface area contributed by atoms with Crippen LogP contribution < -0.4 is 19.1 Å². The van der Waals surface area contributed by atoms with E-state index in [1.807, 2.05) is 6.92 Å². The molecule has 0 radical (unpaired) electrons. The molecule has 9 heteroatoms. The van der Waals surface area contributed by atoms with Gasteiger partial charge in [-0.05, 0) is 49.4 Å². The summed E-state index contributed by atoms with van der Waals surface area (Å²) in [6, 6.07) is 18.1. The molecule has 0 bridgehead atoms. The fourth-order valence-electron chi connectivity index (χ4n) is 3.39. The summed E-state index contributed by atoms with van der Waals surface area (Å²) >= 11 is 6.13. The zero-order valence-corrected chi connectivity index (χ0v) is 19.0. The molecule has 32 heavy (non-hydrogen) atoms. The van der Waals surface area contributed by atoms with E-state index in [0.29, 0.717) is 16.5 Å². The molecule has 0 fully saturated rings. The number of methoxy groups -OCH3 is 1. The molecule has 0 aromatic heterocycles. The first-order valence-electron chi connectivity index (χ1n) is 9.79. The summed E-state index contributed by atoms with van der Waals surface area (Å²) in [4.78, 5) is 13.1. The number of nitrogens with zero attached hydrogens (tertiary/aromatic N) is 1. The van der Waals surface area contributed by atoms with Crippen LogP contribution in [0.1, 0.15) is 5.56 Å². The van der Waals surface area contributed by atoms with Crippen molar-refractivity contribution in [3.05, 3.63) is 77.3 Å². The van der Waals surface area contributed by atoms with Gasteiger partial charge in [0, 0.05) is 5.02 Å². The smallest absolute Gasteiger partial charge is 0.267 e. The third-order valence-corrected chi connectivity index (χ3v) is 7.09. The van der Waals surface area contributed by atoms with Crippen molar-refractivity contribution >= 4 is 38.9 Å². The molecular weight excluding hydrogens is 452 g/mol. The second-order valence-electron chi connectivity index (χ2n) is 7.26. The highest BCUT2D eigenvalue weighted by Crippen LogP contribution is 2.39. The molecule has 1 N–H and O–H groups in total. The number of rotatable bonds is 5. The maximum Gasteiger partial charge on any atom is 0.267 e. The first-order chi connectivity index (χ1) is 15.3. The number of aryl methyl sites for hydroxylation is 1. The monoisotopic (exact) mass is 472 g/mol. The van der Waals surface area contributed by atoms with Gasteiger partial charge in [0.15, 0.2) is 6.10 Å². The molecule has 1 amide bonds. The van der Waals surface area contributed by atoms with E-state index >= 15 is 0 Å². The van der Waals surface area contributed by atoms with Crippen LogP contribution in [0.25, 0.3) is 0 Å². The Morgan fingerprint density at radius 1 is 1.12 bits per heavy atom. The molecule has 4 rings (SSSR count). The molecule has 0 spiro atoms. The van der Waals surface area contributed by atoms with Crippen molar-refractivity contribution in [3.63, 3.8) is 0 Å². The Morgan fingerprint density at radius 2 is 1.84 bits per heavy atom.